The molecule has 0 aromatic rings. The largest absolute Gasteiger partial charge is 0.309 e. The molecule has 0 N–H and O–H groups in total. The predicted octanol–water partition coefficient (Wildman–Crippen LogP) is 2.16. The number of nitrogens with zero attached hydrogens (tertiary/aromatic N) is 1. The highest BCUT2D eigenvalue weighted by atomic mass is 35.5. The summed E-state index contributed by atoms with van der Waals surface area (Å²) in [5.41, 5.74) is 0. The van der Waals surface area contributed by atoms with Gasteiger partial charge in [0, 0.05) is 18.2 Å². The van der Waals surface area contributed by atoms with Crippen molar-refractivity contribution in [3.05, 3.63) is 0 Å². The molecule has 0 radical (unpaired) electrons. The molecule has 0 saturated heterocycles. The van der Waals surface area contributed by atoms with Crippen molar-refractivity contribution in [3.63, 3.8) is 0 Å². The second-order valence-electron chi connectivity index (χ2n) is 3.14. The van der Waals surface area contributed by atoms with Crippen molar-refractivity contribution in [2.45, 2.75) is 6.92 Å². The van der Waals surface area contributed by atoms with Crippen LogP contribution in [0.4, 0.5) is 0 Å². The molecule has 11 heavy (non-hydrogen) atoms. The zero-order valence-electron chi connectivity index (χ0n) is 7.64. The first kappa shape index (κ1) is 11.6. The predicted molar refractivity (Wildman–Crippen MR) is 55.8 cm³/mol. The van der Waals surface area contributed by atoms with Gasteiger partial charge in [-0.15, -0.1) is 11.6 Å². The third-order valence-electron chi connectivity index (χ3n) is 1.35. The van der Waals surface area contributed by atoms with Gasteiger partial charge in [-0.3, -0.25) is 0 Å². The number of halogens is 1. The Bertz CT molecular complexity index is 88.2. The Labute approximate surface area is 79.5 Å². The molecular formula is C8H18ClNS. The molecule has 0 fully saturated rings. The molecule has 0 rings (SSSR count). The lowest BCUT2D eigenvalue weighted by Gasteiger charge is -2.10. The van der Waals surface area contributed by atoms with E-state index in [4.69, 9.17) is 11.6 Å². The summed E-state index contributed by atoms with van der Waals surface area (Å²) in [4.78, 5) is 2.21. The average molecular weight is 196 g/mol. The smallest absolute Gasteiger partial charge is 0.0257 e. The fourth-order valence-electron chi connectivity index (χ4n) is 0.576. The summed E-state index contributed by atoms with van der Waals surface area (Å²) in [6.45, 7) is 3.36. The standard InChI is InChI=1S/C8H18ClNS/c1-8(6-9)7-11-5-4-10(2)3/h8H,4-7H2,1-3H3. The Morgan fingerprint density at radius 3 is 2.55 bits per heavy atom. The van der Waals surface area contributed by atoms with E-state index in [-0.39, 0.29) is 0 Å². The fourth-order valence-corrected chi connectivity index (χ4v) is 2.00. The highest BCUT2D eigenvalue weighted by molar-refractivity contribution is 7.99. The average Bonchev–Trinajstić information content (AvgIpc) is 1.97. The molecule has 0 aliphatic rings. The van der Waals surface area contributed by atoms with Crippen molar-refractivity contribution in [1.29, 1.82) is 0 Å². The maximum Gasteiger partial charge on any atom is 0.0257 e. The van der Waals surface area contributed by atoms with Crippen molar-refractivity contribution in [2.75, 3.05) is 38.0 Å². The van der Waals surface area contributed by atoms with Crippen LogP contribution in [0.2, 0.25) is 0 Å². The molecule has 0 aromatic heterocycles. The van der Waals surface area contributed by atoms with Gasteiger partial charge >= 0.3 is 0 Å². The van der Waals surface area contributed by atoms with Gasteiger partial charge in [0.1, 0.15) is 0 Å². The molecule has 0 amide bonds. The first-order valence-corrected chi connectivity index (χ1v) is 5.64. The Morgan fingerprint density at radius 1 is 1.45 bits per heavy atom. The van der Waals surface area contributed by atoms with Crippen LogP contribution in [-0.2, 0) is 0 Å². The Kier molecular flexibility index (Phi) is 7.66. The number of hydrogen-bond acceptors (Lipinski definition) is 2. The highest BCUT2D eigenvalue weighted by Gasteiger charge is 1.99. The van der Waals surface area contributed by atoms with Crippen molar-refractivity contribution in [1.82, 2.24) is 4.90 Å². The SMILES string of the molecule is CC(CCl)CSCCN(C)C. The van der Waals surface area contributed by atoms with E-state index in [0.717, 1.165) is 5.88 Å². The van der Waals surface area contributed by atoms with Gasteiger partial charge in [0.05, 0.1) is 0 Å². The van der Waals surface area contributed by atoms with E-state index in [1.165, 1.54) is 18.1 Å². The third kappa shape index (κ3) is 8.51. The minimum atomic E-state index is 0.656. The number of hydrogen-bond donors (Lipinski definition) is 0. The van der Waals surface area contributed by atoms with Crippen LogP contribution in [0.5, 0.6) is 0 Å². The van der Waals surface area contributed by atoms with Crippen LogP contribution in [0.3, 0.4) is 0 Å². The molecule has 0 aromatic carbocycles. The monoisotopic (exact) mass is 195 g/mol. The van der Waals surface area contributed by atoms with E-state index < -0.39 is 0 Å². The maximum absolute atomic E-state index is 5.67. The van der Waals surface area contributed by atoms with Gasteiger partial charge in [-0.25, -0.2) is 0 Å². The molecule has 0 spiro atoms. The highest BCUT2D eigenvalue weighted by Crippen LogP contribution is 2.09. The Morgan fingerprint density at radius 2 is 2.09 bits per heavy atom. The van der Waals surface area contributed by atoms with Gasteiger partial charge in [0.25, 0.3) is 0 Å². The van der Waals surface area contributed by atoms with E-state index >= 15 is 0 Å². The van der Waals surface area contributed by atoms with Gasteiger partial charge in [0.15, 0.2) is 0 Å². The lowest BCUT2D eigenvalue weighted by molar-refractivity contribution is 0.437. The molecular weight excluding hydrogens is 178 g/mol. The van der Waals surface area contributed by atoms with Gasteiger partial charge in [-0.05, 0) is 25.8 Å². The third-order valence-corrected chi connectivity index (χ3v) is 3.15. The van der Waals surface area contributed by atoms with Crippen LogP contribution in [0.25, 0.3) is 0 Å². The summed E-state index contributed by atoms with van der Waals surface area (Å²) < 4.78 is 0. The first-order valence-electron chi connectivity index (χ1n) is 3.95. The van der Waals surface area contributed by atoms with Crippen molar-refractivity contribution in [2.24, 2.45) is 5.92 Å². The summed E-state index contributed by atoms with van der Waals surface area (Å²) in [5.74, 6) is 3.85. The summed E-state index contributed by atoms with van der Waals surface area (Å²) in [6, 6.07) is 0. The van der Waals surface area contributed by atoms with Crippen molar-refractivity contribution in [3.8, 4) is 0 Å². The van der Waals surface area contributed by atoms with Crippen LogP contribution in [0.1, 0.15) is 6.92 Å². The molecule has 0 bridgehead atoms. The van der Waals surface area contributed by atoms with Gasteiger partial charge in [0.2, 0.25) is 0 Å². The number of alkyl halides is 1. The molecule has 0 aliphatic heterocycles. The van der Waals surface area contributed by atoms with Crippen LogP contribution in [0, 0.1) is 5.92 Å². The molecule has 68 valence electrons. The first-order chi connectivity index (χ1) is 5.16. The number of rotatable bonds is 6. The lowest BCUT2D eigenvalue weighted by Crippen LogP contribution is -2.15. The quantitative estimate of drug-likeness (QED) is 0.472. The van der Waals surface area contributed by atoms with Gasteiger partial charge in [-0.1, -0.05) is 6.92 Å². The van der Waals surface area contributed by atoms with Crippen molar-refractivity contribution < 1.29 is 0 Å². The van der Waals surface area contributed by atoms with E-state index in [1.807, 2.05) is 11.8 Å². The maximum atomic E-state index is 5.67. The topological polar surface area (TPSA) is 3.24 Å². The second kappa shape index (κ2) is 7.26. The van der Waals surface area contributed by atoms with E-state index in [0.29, 0.717) is 5.92 Å². The minimum Gasteiger partial charge on any atom is -0.309 e. The van der Waals surface area contributed by atoms with E-state index in [2.05, 4.69) is 25.9 Å². The van der Waals surface area contributed by atoms with Crippen LogP contribution < -0.4 is 0 Å². The van der Waals surface area contributed by atoms with Crippen molar-refractivity contribution >= 4 is 23.4 Å². The van der Waals surface area contributed by atoms with Gasteiger partial charge < -0.3 is 4.90 Å². The number of thioether (sulfide) groups is 1. The Hall–Kier alpha value is 0.600. The molecule has 1 nitrogen and oxygen atoms in total. The summed E-state index contributed by atoms with van der Waals surface area (Å²) in [7, 11) is 4.21. The van der Waals surface area contributed by atoms with E-state index in [9.17, 15) is 0 Å². The molecule has 1 atom stereocenters. The summed E-state index contributed by atoms with van der Waals surface area (Å²) >= 11 is 7.66. The van der Waals surface area contributed by atoms with E-state index in [1.54, 1.807) is 0 Å². The summed E-state index contributed by atoms with van der Waals surface area (Å²) in [5, 5.41) is 0. The second-order valence-corrected chi connectivity index (χ2v) is 4.60. The molecule has 0 heterocycles. The lowest BCUT2D eigenvalue weighted by atomic mass is 10.3. The molecule has 1 unspecified atom stereocenters. The van der Waals surface area contributed by atoms with Crippen LogP contribution in [-0.4, -0.2) is 42.9 Å². The Balaban J connectivity index is 3.01. The molecule has 0 aliphatic carbocycles. The minimum absolute atomic E-state index is 0.656. The zero-order chi connectivity index (χ0) is 8.69. The molecule has 0 saturated carbocycles. The summed E-state index contributed by atoms with van der Waals surface area (Å²) in [6.07, 6.45) is 0. The van der Waals surface area contributed by atoms with Crippen LogP contribution in [0.15, 0.2) is 0 Å². The zero-order valence-corrected chi connectivity index (χ0v) is 9.21. The normalized spacial score (nSPS) is 13.9. The molecule has 3 heteroatoms. The van der Waals surface area contributed by atoms with Crippen LogP contribution >= 0.6 is 23.4 Å². The fraction of sp³-hybridized carbons (Fsp3) is 1.00. The van der Waals surface area contributed by atoms with Gasteiger partial charge in [-0.2, -0.15) is 11.8 Å².